The largest absolute Gasteiger partial charge is 0.479 e. The lowest BCUT2D eigenvalue weighted by atomic mass is 10.2. The smallest absolute Gasteiger partial charge is 0.197 e. The second-order valence-corrected chi connectivity index (χ2v) is 5.63. The van der Waals surface area contributed by atoms with Crippen LogP contribution in [-0.4, -0.2) is 6.61 Å². The van der Waals surface area contributed by atoms with Crippen molar-refractivity contribution in [3.8, 4) is 18.1 Å². The Bertz CT molecular complexity index is 906. The summed E-state index contributed by atoms with van der Waals surface area (Å²) < 4.78 is 7.14. The highest BCUT2D eigenvalue weighted by molar-refractivity contribution is 7.25. The minimum Gasteiger partial charge on any atom is -0.479 e. The summed E-state index contributed by atoms with van der Waals surface area (Å²) >= 11 is 7.66. The second-order valence-electron chi connectivity index (χ2n) is 4.17. The molecule has 0 bridgehead atoms. The van der Waals surface area contributed by atoms with Crippen molar-refractivity contribution in [2.45, 2.75) is 0 Å². The molecule has 0 N–H and O–H groups in total. The molecule has 0 fully saturated rings. The lowest BCUT2D eigenvalue weighted by Crippen LogP contribution is -2.03. The Labute approximate surface area is 124 Å². The molecule has 4 heteroatoms. The number of hydrogen-bond acceptors (Lipinski definition) is 3. The molecular formula is C16H9ClO2S. The fraction of sp³-hybridized carbons (Fsp3) is 0.0625. The van der Waals surface area contributed by atoms with Crippen molar-refractivity contribution in [2.75, 3.05) is 6.61 Å². The van der Waals surface area contributed by atoms with Crippen LogP contribution in [0.4, 0.5) is 0 Å². The third kappa shape index (κ3) is 2.03. The number of benzene rings is 2. The Kier molecular flexibility index (Phi) is 3.35. The average Bonchev–Trinajstić information content (AvgIpc) is 2.47. The van der Waals surface area contributed by atoms with E-state index in [0.717, 1.165) is 9.40 Å². The van der Waals surface area contributed by atoms with Crippen molar-refractivity contribution in [3.63, 3.8) is 0 Å². The summed E-state index contributed by atoms with van der Waals surface area (Å²) in [5.74, 6) is 3.01. The number of hydrogen-bond donors (Lipinski definition) is 0. The minimum absolute atomic E-state index is 0.0782. The molecule has 0 aliphatic heterocycles. The van der Waals surface area contributed by atoms with E-state index < -0.39 is 0 Å². The fourth-order valence-corrected chi connectivity index (χ4v) is 3.54. The van der Waals surface area contributed by atoms with Crippen molar-refractivity contribution < 1.29 is 4.74 Å². The highest BCUT2D eigenvalue weighted by Crippen LogP contribution is 2.35. The molecule has 0 saturated heterocycles. The third-order valence-electron chi connectivity index (χ3n) is 2.95. The first-order valence-electron chi connectivity index (χ1n) is 5.92. The summed E-state index contributed by atoms with van der Waals surface area (Å²) in [5.41, 5.74) is -0.0782. The lowest BCUT2D eigenvalue weighted by molar-refractivity contribution is 0.375. The van der Waals surface area contributed by atoms with Crippen molar-refractivity contribution in [1.82, 2.24) is 0 Å². The van der Waals surface area contributed by atoms with Gasteiger partial charge >= 0.3 is 0 Å². The third-order valence-corrected chi connectivity index (χ3v) is 4.45. The molecule has 0 atom stereocenters. The van der Waals surface area contributed by atoms with Crippen molar-refractivity contribution >= 4 is 43.1 Å². The van der Waals surface area contributed by atoms with E-state index in [-0.39, 0.29) is 12.0 Å². The number of rotatable bonds is 2. The summed E-state index contributed by atoms with van der Waals surface area (Å²) in [6.45, 7) is 0.157. The number of halogens is 1. The SMILES string of the molecule is C#CCOc1ccc(Cl)c2c(=O)c3ccccc3sc12. The van der Waals surface area contributed by atoms with Gasteiger partial charge in [-0.2, -0.15) is 0 Å². The zero-order valence-corrected chi connectivity index (χ0v) is 11.9. The van der Waals surface area contributed by atoms with Gasteiger partial charge in [-0.15, -0.1) is 17.8 Å². The van der Waals surface area contributed by atoms with Crippen LogP contribution < -0.4 is 10.2 Å². The molecule has 3 aromatic rings. The topological polar surface area (TPSA) is 26.3 Å². The van der Waals surface area contributed by atoms with E-state index in [1.54, 1.807) is 18.2 Å². The monoisotopic (exact) mass is 300 g/mol. The van der Waals surface area contributed by atoms with Gasteiger partial charge in [-0.05, 0) is 24.3 Å². The van der Waals surface area contributed by atoms with Crippen molar-refractivity contribution in [3.05, 3.63) is 51.6 Å². The second kappa shape index (κ2) is 5.16. The molecular weight excluding hydrogens is 292 g/mol. The van der Waals surface area contributed by atoms with E-state index >= 15 is 0 Å². The number of ether oxygens (including phenoxy) is 1. The van der Waals surface area contributed by atoms with Crippen LogP contribution >= 0.6 is 22.9 Å². The molecule has 0 unspecified atom stereocenters. The zero-order valence-electron chi connectivity index (χ0n) is 10.4. The van der Waals surface area contributed by atoms with Gasteiger partial charge in [0, 0.05) is 10.1 Å². The molecule has 0 saturated carbocycles. The summed E-state index contributed by atoms with van der Waals surface area (Å²) in [6, 6.07) is 10.9. The van der Waals surface area contributed by atoms with E-state index in [1.165, 1.54) is 11.3 Å². The Morgan fingerprint density at radius 2 is 2.05 bits per heavy atom. The first kappa shape index (κ1) is 13.0. The van der Waals surface area contributed by atoms with E-state index in [2.05, 4.69) is 5.92 Å². The molecule has 2 aromatic carbocycles. The van der Waals surface area contributed by atoms with E-state index in [4.69, 9.17) is 22.8 Å². The molecule has 0 amide bonds. The Morgan fingerprint density at radius 1 is 1.25 bits per heavy atom. The summed E-state index contributed by atoms with van der Waals surface area (Å²) in [6.07, 6.45) is 5.21. The normalized spacial score (nSPS) is 10.6. The van der Waals surface area contributed by atoms with Crippen molar-refractivity contribution in [2.24, 2.45) is 0 Å². The maximum absolute atomic E-state index is 12.6. The van der Waals surface area contributed by atoms with Crippen LogP contribution in [0.15, 0.2) is 41.2 Å². The highest BCUT2D eigenvalue weighted by Gasteiger charge is 2.13. The number of fused-ring (bicyclic) bond motifs is 2. The lowest BCUT2D eigenvalue weighted by Gasteiger charge is -2.08. The quantitative estimate of drug-likeness (QED) is 0.526. The summed E-state index contributed by atoms with van der Waals surface area (Å²) in [5, 5.41) is 1.59. The van der Waals surface area contributed by atoms with Gasteiger partial charge in [0.2, 0.25) is 0 Å². The minimum atomic E-state index is -0.0782. The Balaban J connectivity index is 2.44. The van der Waals surface area contributed by atoms with Gasteiger partial charge in [-0.3, -0.25) is 4.79 Å². The van der Waals surface area contributed by atoms with Gasteiger partial charge in [-0.25, -0.2) is 0 Å². The first-order valence-corrected chi connectivity index (χ1v) is 7.12. The van der Waals surface area contributed by atoms with Crippen LogP contribution in [0.1, 0.15) is 0 Å². The Morgan fingerprint density at radius 3 is 2.85 bits per heavy atom. The van der Waals surface area contributed by atoms with Gasteiger partial charge in [0.1, 0.15) is 12.4 Å². The summed E-state index contributed by atoms with van der Waals surface area (Å²) in [7, 11) is 0. The molecule has 20 heavy (non-hydrogen) atoms. The van der Waals surface area contributed by atoms with Gasteiger partial charge in [0.15, 0.2) is 5.43 Å². The standard InChI is InChI=1S/C16H9ClO2S/c1-2-9-19-12-8-7-11(17)14-15(18)10-5-3-4-6-13(10)20-16(12)14/h1,3-8H,9H2. The molecule has 2 nitrogen and oxygen atoms in total. The van der Waals surface area contributed by atoms with Crippen molar-refractivity contribution in [1.29, 1.82) is 0 Å². The maximum Gasteiger partial charge on any atom is 0.197 e. The Hall–Kier alpha value is -2.02. The van der Waals surface area contributed by atoms with Crippen LogP contribution in [0.5, 0.6) is 5.75 Å². The maximum atomic E-state index is 12.6. The molecule has 0 aliphatic carbocycles. The first-order chi connectivity index (χ1) is 9.72. The molecule has 3 rings (SSSR count). The van der Waals surface area contributed by atoms with Crippen LogP contribution in [0.25, 0.3) is 20.2 Å². The van der Waals surface area contributed by atoms with Crippen LogP contribution in [0, 0.1) is 12.3 Å². The molecule has 0 spiro atoms. The van der Waals surface area contributed by atoms with E-state index in [1.807, 2.05) is 18.2 Å². The molecule has 98 valence electrons. The predicted molar refractivity (Wildman–Crippen MR) is 84.9 cm³/mol. The predicted octanol–water partition coefficient (Wildman–Crippen LogP) is 4.08. The van der Waals surface area contributed by atoms with Crippen LogP contribution in [0.3, 0.4) is 0 Å². The van der Waals surface area contributed by atoms with Gasteiger partial charge < -0.3 is 4.74 Å². The highest BCUT2D eigenvalue weighted by atomic mass is 35.5. The van der Waals surface area contributed by atoms with Crippen LogP contribution in [-0.2, 0) is 0 Å². The van der Waals surface area contributed by atoms with Gasteiger partial charge in [0.05, 0.1) is 15.1 Å². The summed E-state index contributed by atoms with van der Waals surface area (Å²) in [4.78, 5) is 12.6. The number of terminal acetylenes is 1. The van der Waals surface area contributed by atoms with Crippen LogP contribution in [0.2, 0.25) is 5.02 Å². The van der Waals surface area contributed by atoms with Gasteiger partial charge in [-0.1, -0.05) is 29.7 Å². The molecule has 1 heterocycles. The van der Waals surface area contributed by atoms with E-state index in [0.29, 0.717) is 21.5 Å². The molecule has 0 radical (unpaired) electrons. The van der Waals surface area contributed by atoms with E-state index in [9.17, 15) is 4.79 Å². The average molecular weight is 301 g/mol. The molecule has 1 aromatic heterocycles. The zero-order chi connectivity index (χ0) is 14.1. The van der Waals surface area contributed by atoms with Gasteiger partial charge in [0.25, 0.3) is 0 Å². The fourth-order valence-electron chi connectivity index (χ4n) is 2.07. The molecule has 0 aliphatic rings.